The molecule has 0 bridgehead atoms. The number of carbonyl (C=O) groups excluding carboxylic acids is 10. The van der Waals surface area contributed by atoms with Crippen LogP contribution in [0.4, 0.5) is 20.5 Å². The van der Waals surface area contributed by atoms with Crippen molar-refractivity contribution in [2.24, 2.45) is 23.7 Å². The maximum atomic E-state index is 12.7. The van der Waals surface area contributed by atoms with Crippen LogP contribution in [-0.2, 0) is 137 Å². The summed E-state index contributed by atoms with van der Waals surface area (Å²) in [5.41, 5.74) is 6.11. The van der Waals surface area contributed by atoms with E-state index in [0.29, 0.717) is 82.4 Å². The van der Waals surface area contributed by atoms with Crippen molar-refractivity contribution in [3.05, 3.63) is 298 Å². The normalized spacial score (nSPS) is 13.1. The lowest BCUT2D eigenvalue weighted by Crippen LogP contribution is -2.22. The first-order valence-electron chi connectivity index (χ1n) is 48.0. The number of nitrogens with one attached hydrogen (secondary N) is 4. The van der Waals surface area contributed by atoms with Crippen molar-refractivity contribution in [3.63, 3.8) is 0 Å². The average molecular weight is 2160 g/mol. The van der Waals surface area contributed by atoms with E-state index in [9.17, 15) is 56.4 Å². The lowest BCUT2D eigenvalue weighted by molar-refractivity contribution is -0.122. The van der Waals surface area contributed by atoms with Crippen LogP contribution in [0.15, 0.2) is 194 Å². The highest BCUT2D eigenvalue weighted by Crippen LogP contribution is 2.31. The van der Waals surface area contributed by atoms with Gasteiger partial charge in [-0.3, -0.25) is 47.9 Å². The minimum absolute atomic E-state index is 0.00492. The first-order valence-corrected chi connectivity index (χ1v) is 56.7. The summed E-state index contributed by atoms with van der Waals surface area (Å²) in [6.07, 6.45) is 23.8. The number of carbonyl (C=O) groups is 10. The van der Waals surface area contributed by atoms with Crippen LogP contribution < -0.4 is 21.3 Å². The Labute approximate surface area is 883 Å². The fourth-order valence-corrected chi connectivity index (χ4v) is 23.6. The highest BCUT2D eigenvalue weighted by atomic mass is 35.5. The molecule has 4 atom stereocenters. The molecule has 42 heteroatoms. The summed E-state index contributed by atoms with van der Waals surface area (Å²) in [5, 5.41) is 88.8. The van der Waals surface area contributed by atoms with Gasteiger partial charge in [0.25, 0.3) is 0 Å². The van der Waals surface area contributed by atoms with E-state index in [1.807, 2.05) is 154 Å². The smallest absolute Gasteiger partial charge is 0.233 e. The van der Waals surface area contributed by atoms with E-state index in [1.54, 1.807) is 73.7 Å². The maximum Gasteiger partial charge on any atom is 0.233 e. The molecular weight excluding hydrogens is 2050 g/mol. The monoisotopic (exact) mass is 2150 g/mol. The third-order valence-corrected chi connectivity index (χ3v) is 33.0. The van der Waals surface area contributed by atoms with Crippen LogP contribution in [0.2, 0.25) is 5.02 Å². The first kappa shape index (κ1) is 111. The Morgan fingerprint density at radius 2 is 0.699 bits per heavy atom. The lowest BCUT2D eigenvalue weighted by atomic mass is 9.94. The van der Waals surface area contributed by atoms with Gasteiger partial charge < -0.3 is 21.3 Å². The number of aryl methyl sites for hydroxylation is 8. The molecule has 14 aromatic rings. The standard InChI is InChI=1S/C31H33N5O4S2.C28H30ClN5O2S2.C24H23N5O4S3.C21H25N5O2S2/c1-20(17-25(38)22-11-5-3-6-12-22)24(37)19-29-35-33-27(41-29)15-9-10-16-28-34-36-31(42-28)32-30(40)21(2)18-26(39)23-13-7-4-8-14-23;1-17-8-10-20(11-9-17)18(2)23(35)16-26-33-31-24(37-26)6-4-5-7-25-32-34-28(38-25)30-27(36)19(3)21-12-14-22(29)15-13-21;30-19(13-17-7-3-1-4-8-17)15-22-27-28-23(34-22)16-36(32,33)12-11-21-26-29-24(35-21)25-20(31)14-18-9-5-2-6-10-18;27-16(14-7-1-2-8-14)13-19-25-23-17(29-19)11-5-6-12-18-24-26-21(30-18)22-20(28)15-9-3-4-10-15/h3-8,11-14,20-21H,9-10,15-19H2,1-2H3,(H,32,36,40);8-15,18-19H,4-7,16H2,1-3H3,(H,30,34,36);1-10H,11-16H2,(H,25,29,31);1-4,14-15H,5-13H2,(H,22,26,28). The van der Waals surface area contributed by atoms with Crippen LogP contribution in [0.25, 0.3) is 0 Å². The summed E-state index contributed by atoms with van der Waals surface area (Å²) >= 11 is 16.9. The number of amides is 4. The van der Waals surface area contributed by atoms with Crippen LogP contribution in [0.5, 0.6) is 0 Å². The van der Waals surface area contributed by atoms with Gasteiger partial charge in [0.15, 0.2) is 21.4 Å². The molecule has 8 aromatic heterocycles. The van der Waals surface area contributed by atoms with Crippen molar-refractivity contribution in [3.8, 4) is 0 Å². The number of hydrogen-bond acceptors (Lipinski definition) is 36. The summed E-state index contributed by atoms with van der Waals surface area (Å²) in [7, 11) is -3.48. The minimum atomic E-state index is -3.48. The number of rotatable bonds is 50. The van der Waals surface area contributed by atoms with Crippen molar-refractivity contribution < 1.29 is 56.4 Å². The van der Waals surface area contributed by atoms with Gasteiger partial charge in [-0.2, -0.15) is 0 Å². The van der Waals surface area contributed by atoms with Crippen molar-refractivity contribution in [2.45, 2.75) is 213 Å². The summed E-state index contributed by atoms with van der Waals surface area (Å²) < 4.78 is 25.2. The largest absolute Gasteiger partial charge is 0.300 e. The van der Waals surface area contributed by atoms with E-state index in [1.165, 1.54) is 62.2 Å². The summed E-state index contributed by atoms with van der Waals surface area (Å²) in [6, 6.07) is 52.0. The third kappa shape index (κ3) is 37.1. The Bertz CT molecular complexity index is 6540. The minimum Gasteiger partial charge on any atom is -0.300 e. The lowest BCUT2D eigenvalue weighted by Gasteiger charge is -2.10. The molecule has 6 aromatic carbocycles. The van der Waals surface area contributed by atoms with E-state index in [4.69, 9.17) is 11.6 Å². The fraction of sp³-hybridized carbons (Fsp3) is 0.365. The number of benzene rings is 6. The van der Waals surface area contributed by atoms with Crippen LogP contribution in [0.1, 0.15) is 225 Å². The van der Waals surface area contributed by atoms with Gasteiger partial charge in [0.2, 0.25) is 44.2 Å². The van der Waals surface area contributed by atoms with Gasteiger partial charge in [0.1, 0.15) is 89.0 Å². The molecule has 0 aliphatic heterocycles. The molecule has 4 amide bonds. The van der Waals surface area contributed by atoms with E-state index in [-0.39, 0.29) is 138 Å². The first-order chi connectivity index (χ1) is 70.6. The predicted octanol–water partition coefficient (Wildman–Crippen LogP) is 19.4. The van der Waals surface area contributed by atoms with Crippen LogP contribution in [0.3, 0.4) is 0 Å². The number of unbranched alkanes of at least 4 members (excludes halogenated alkanes) is 3. The number of hydrogen-bond donors (Lipinski definition) is 4. The quantitative estimate of drug-likeness (QED) is 0.0156. The van der Waals surface area contributed by atoms with E-state index in [2.05, 4.69) is 115 Å². The predicted molar refractivity (Wildman–Crippen MR) is 572 cm³/mol. The molecule has 4 unspecified atom stereocenters. The SMILES string of the molecule is CC(CC(=O)c1ccccc1)C(=O)Cc1nnc(CCCCc2nnc(NC(=O)C(C)CC(=O)c3ccccc3)s2)s1.Cc1ccc(C(C)C(=O)Cc2nnc(CCCCc3nnc(NC(=O)C(C)c4ccc(Cl)cc4)s3)s2)cc1.O=C(Cc1ccccc1)Cc1nnc(CS(=O)(=O)CCc2nnc(NC(=O)Cc3ccccc3)s2)s1.O=C(Cc1nnc(CCCCc2nnc(NC(=O)C3CC=CC3)s2)s1)C1CC=CC1. The van der Waals surface area contributed by atoms with E-state index < -0.39 is 15.8 Å². The van der Waals surface area contributed by atoms with Gasteiger partial charge in [-0.05, 0) is 112 Å². The van der Waals surface area contributed by atoms with Crippen LogP contribution >= 0.6 is 102 Å². The maximum absolute atomic E-state index is 12.7. The Balaban J connectivity index is 0.000000164. The van der Waals surface area contributed by atoms with Gasteiger partial charge in [0, 0.05) is 110 Å². The topological polar surface area (TPSA) is 459 Å². The van der Waals surface area contributed by atoms with Crippen LogP contribution in [-0.4, -0.2) is 154 Å². The number of nitrogens with zero attached hydrogens (tertiary/aromatic N) is 16. The molecule has 2 aliphatic rings. The van der Waals surface area contributed by atoms with E-state index in [0.717, 1.165) is 181 Å². The molecule has 0 fully saturated rings. The molecule has 0 saturated heterocycles. The summed E-state index contributed by atoms with van der Waals surface area (Å²) in [6.45, 7) is 9.33. The van der Waals surface area contributed by atoms with Gasteiger partial charge in [-0.1, -0.05) is 277 Å². The molecule has 32 nitrogen and oxygen atoms in total. The van der Waals surface area contributed by atoms with Crippen molar-refractivity contribution in [2.75, 3.05) is 27.0 Å². The number of aromatic nitrogens is 16. The molecule has 0 radical (unpaired) electrons. The number of ketones is 6. The number of Topliss-reactive ketones (excluding diaryl/α,β-unsaturated/α-hetero) is 6. The summed E-state index contributed by atoms with van der Waals surface area (Å²) in [4.78, 5) is 124. The highest BCUT2D eigenvalue weighted by molar-refractivity contribution is 7.90. The fourth-order valence-electron chi connectivity index (χ4n) is 15.1. The van der Waals surface area contributed by atoms with E-state index >= 15 is 0 Å². The van der Waals surface area contributed by atoms with Gasteiger partial charge in [-0.15, -0.1) is 116 Å². The van der Waals surface area contributed by atoms with Gasteiger partial charge >= 0.3 is 0 Å². The third-order valence-electron chi connectivity index (χ3n) is 23.5. The second-order valence-corrected chi connectivity index (χ2v) is 46.7. The number of halogens is 1. The molecule has 0 spiro atoms. The Kier molecular flexibility index (Phi) is 43.1. The molecular formula is C104H111ClN20O12S9. The number of anilines is 4. The molecule has 4 N–H and O–H groups in total. The van der Waals surface area contributed by atoms with Gasteiger partial charge in [0.05, 0.1) is 43.8 Å². The highest BCUT2D eigenvalue weighted by Gasteiger charge is 2.28. The Morgan fingerprint density at radius 1 is 0.342 bits per heavy atom. The molecule has 2 aliphatic carbocycles. The average Bonchev–Trinajstić information content (AvgIpc) is 1.78. The Hall–Kier alpha value is -12.6. The zero-order valence-electron chi connectivity index (χ0n) is 81.1. The molecule has 760 valence electrons. The van der Waals surface area contributed by atoms with Crippen molar-refractivity contribution in [1.82, 2.24) is 81.6 Å². The molecule has 8 heterocycles. The van der Waals surface area contributed by atoms with Gasteiger partial charge in [-0.25, -0.2) is 8.42 Å². The number of allylic oxidation sites excluding steroid dienone is 4. The zero-order valence-corrected chi connectivity index (χ0v) is 89.2. The molecule has 0 saturated carbocycles. The van der Waals surface area contributed by atoms with Crippen LogP contribution in [0, 0.1) is 30.6 Å². The molecule has 16 rings (SSSR count). The zero-order chi connectivity index (χ0) is 103. The van der Waals surface area contributed by atoms with Crippen molar-refractivity contribution >= 4 is 191 Å². The van der Waals surface area contributed by atoms with Crippen molar-refractivity contribution in [1.29, 1.82) is 0 Å². The summed E-state index contributed by atoms with van der Waals surface area (Å²) in [5.74, 6) is -1.88. The molecule has 146 heavy (non-hydrogen) atoms. The Morgan fingerprint density at radius 3 is 1.18 bits per heavy atom. The number of sulfone groups is 1. The second-order valence-electron chi connectivity index (χ2n) is 35.3. The second kappa shape index (κ2) is 56.9.